The zero-order valence-corrected chi connectivity index (χ0v) is 14.9. The molecule has 1 aromatic carbocycles. The second-order valence-electron chi connectivity index (χ2n) is 6.18. The quantitative estimate of drug-likeness (QED) is 0.217. The van der Waals surface area contributed by atoms with Crippen molar-refractivity contribution in [2.75, 3.05) is 6.61 Å². The minimum absolute atomic E-state index is 0.107. The van der Waals surface area contributed by atoms with Crippen molar-refractivity contribution in [3.8, 4) is 11.5 Å². The molecular weight excluding hydrogens is 304 g/mol. The Hall–Kier alpha value is -1.75. The largest absolute Gasteiger partial charge is 0.507 e. The molecule has 0 saturated heterocycles. The van der Waals surface area contributed by atoms with E-state index >= 15 is 0 Å². The Morgan fingerprint density at radius 2 is 1.62 bits per heavy atom. The second-order valence-corrected chi connectivity index (χ2v) is 6.18. The van der Waals surface area contributed by atoms with E-state index in [4.69, 9.17) is 10.6 Å². The topological polar surface area (TPSA) is 84.6 Å². The number of nitrogens with two attached hydrogens (primary N) is 1. The summed E-state index contributed by atoms with van der Waals surface area (Å²) in [5.41, 5.74) is 2.13. The summed E-state index contributed by atoms with van der Waals surface area (Å²) in [5, 5.41) is 9.62. The van der Waals surface area contributed by atoms with Gasteiger partial charge in [0.2, 0.25) is 0 Å². The number of carbonyl (C=O) groups excluding carboxylic acids is 1. The summed E-state index contributed by atoms with van der Waals surface area (Å²) in [6.45, 7) is 2.86. The zero-order chi connectivity index (χ0) is 17.6. The summed E-state index contributed by atoms with van der Waals surface area (Å²) in [6.07, 6.45) is 12.8. The Balaban J connectivity index is 2.10. The summed E-state index contributed by atoms with van der Waals surface area (Å²) in [5.74, 6) is 5.02. The first-order chi connectivity index (χ1) is 11.7. The Morgan fingerprint density at radius 3 is 2.21 bits per heavy atom. The average molecular weight is 336 g/mol. The van der Waals surface area contributed by atoms with Crippen molar-refractivity contribution in [2.24, 2.45) is 5.84 Å². The molecule has 0 heterocycles. The van der Waals surface area contributed by atoms with Gasteiger partial charge >= 0.3 is 0 Å². The van der Waals surface area contributed by atoms with E-state index in [0.717, 1.165) is 12.8 Å². The molecular formula is C19H32N2O3. The number of ether oxygens (including phenoxy) is 1. The van der Waals surface area contributed by atoms with Gasteiger partial charge in [-0.3, -0.25) is 10.2 Å². The van der Waals surface area contributed by atoms with Crippen molar-refractivity contribution >= 4 is 5.91 Å². The predicted molar refractivity (Wildman–Crippen MR) is 97.1 cm³/mol. The Kier molecular flexibility index (Phi) is 10.7. The maximum absolute atomic E-state index is 11.5. The standard InChI is InChI=1S/C19H32N2O3/c1-2-3-4-5-6-7-8-9-10-11-14-24-16-12-13-18(22)17(15-16)19(23)21-20/h12-13,15,22H,2-11,14,20H2,1H3,(H,21,23). The van der Waals surface area contributed by atoms with Crippen molar-refractivity contribution in [1.29, 1.82) is 0 Å². The molecule has 1 rings (SSSR count). The molecule has 0 fully saturated rings. The number of phenolic OH excluding ortho intramolecular Hbond substituents is 1. The van der Waals surface area contributed by atoms with E-state index in [-0.39, 0.29) is 11.3 Å². The van der Waals surface area contributed by atoms with E-state index in [1.165, 1.54) is 63.5 Å². The minimum Gasteiger partial charge on any atom is -0.507 e. The van der Waals surface area contributed by atoms with Crippen LogP contribution in [0.5, 0.6) is 11.5 Å². The summed E-state index contributed by atoms with van der Waals surface area (Å²) in [7, 11) is 0. The van der Waals surface area contributed by atoms with Crippen LogP contribution in [-0.2, 0) is 0 Å². The highest BCUT2D eigenvalue weighted by Crippen LogP contribution is 2.23. The molecule has 0 bridgehead atoms. The number of phenols is 1. The van der Waals surface area contributed by atoms with Crippen LogP contribution in [0.1, 0.15) is 81.5 Å². The van der Waals surface area contributed by atoms with Crippen molar-refractivity contribution in [3.63, 3.8) is 0 Å². The summed E-state index contributed by atoms with van der Waals surface area (Å²) >= 11 is 0. The van der Waals surface area contributed by atoms with Crippen LogP contribution in [0.3, 0.4) is 0 Å². The average Bonchev–Trinajstić information content (AvgIpc) is 2.60. The molecule has 5 nitrogen and oxygen atoms in total. The van der Waals surface area contributed by atoms with E-state index in [9.17, 15) is 9.90 Å². The lowest BCUT2D eigenvalue weighted by molar-refractivity contribution is 0.0950. The molecule has 0 aliphatic carbocycles. The SMILES string of the molecule is CCCCCCCCCCCCOc1ccc(O)c(C(=O)NN)c1. The van der Waals surface area contributed by atoms with Gasteiger partial charge in [0.1, 0.15) is 11.5 Å². The molecule has 0 saturated carbocycles. The fourth-order valence-electron chi connectivity index (χ4n) is 2.64. The highest BCUT2D eigenvalue weighted by Gasteiger charge is 2.11. The molecule has 0 aromatic heterocycles. The third kappa shape index (κ3) is 8.20. The van der Waals surface area contributed by atoms with Crippen molar-refractivity contribution < 1.29 is 14.6 Å². The molecule has 0 spiro atoms. The third-order valence-corrected chi connectivity index (χ3v) is 4.11. The first-order valence-corrected chi connectivity index (χ1v) is 9.15. The van der Waals surface area contributed by atoms with E-state index < -0.39 is 5.91 Å². The number of nitrogen functional groups attached to an aromatic ring is 1. The fourth-order valence-corrected chi connectivity index (χ4v) is 2.64. The van der Waals surface area contributed by atoms with Crippen molar-refractivity contribution in [1.82, 2.24) is 5.43 Å². The second kappa shape index (κ2) is 12.6. The molecule has 0 atom stereocenters. The molecule has 0 radical (unpaired) electrons. The van der Waals surface area contributed by atoms with Crippen LogP contribution in [0.25, 0.3) is 0 Å². The van der Waals surface area contributed by atoms with Gasteiger partial charge in [0.05, 0.1) is 12.2 Å². The highest BCUT2D eigenvalue weighted by molar-refractivity contribution is 5.96. The van der Waals surface area contributed by atoms with Crippen LogP contribution >= 0.6 is 0 Å². The van der Waals surface area contributed by atoms with Crippen molar-refractivity contribution in [2.45, 2.75) is 71.1 Å². The molecule has 136 valence electrons. The van der Waals surface area contributed by atoms with Gasteiger partial charge in [-0.15, -0.1) is 0 Å². The highest BCUT2D eigenvalue weighted by atomic mass is 16.5. The molecule has 0 unspecified atom stereocenters. The van der Waals surface area contributed by atoms with Crippen LogP contribution in [0.2, 0.25) is 0 Å². The number of hydrogen-bond acceptors (Lipinski definition) is 4. The van der Waals surface area contributed by atoms with Gasteiger partial charge in [-0.25, -0.2) is 5.84 Å². The number of benzene rings is 1. The van der Waals surface area contributed by atoms with Crippen LogP contribution in [0.15, 0.2) is 18.2 Å². The van der Waals surface area contributed by atoms with Gasteiger partial charge in [-0.2, -0.15) is 0 Å². The van der Waals surface area contributed by atoms with Gasteiger partial charge in [0.25, 0.3) is 5.91 Å². The first kappa shape index (κ1) is 20.3. The lowest BCUT2D eigenvalue weighted by Crippen LogP contribution is -2.30. The lowest BCUT2D eigenvalue weighted by atomic mass is 10.1. The van der Waals surface area contributed by atoms with E-state index in [1.54, 1.807) is 6.07 Å². The lowest BCUT2D eigenvalue weighted by Gasteiger charge is -2.09. The van der Waals surface area contributed by atoms with Crippen LogP contribution in [0.4, 0.5) is 0 Å². The third-order valence-electron chi connectivity index (χ3n) is 4.11. The number of carbonyl (C=O) groups is 1. The monoisotopic (exact) mass is 336 g/mol. The number of rotatable bonds is 13. The number of unbranched alkanes of at least 4 members (excludes halogenated alkanes) is 9. The van der Waals surface area contributed by atoms with Gasteiger partial charge in [-0.05, 0) is 24.6 Å². The number of hydrazine groups is 1. The number of hydrogen-bond donors (Lipinski definition) is 3. The Morgan fingerprint density at radius 1 is 1.04 bits per heavy atom. The summed E-state index contributed by atoms with van der Waals surface area (Å²) in [6, 6.07) is 4.60. The van der Waals surface area contributed by atoms with Crippen LogP contribution in [-0.4, -0.2) is 17.6 Å². The molecule has 1 amide bonds. The maximum Gasteiger partial charge on any atom is 0.269 e. The van der Waals surface area contributed by atoms with Crippen molar-refractivity contribution in [3.05, 3.63) is 23.8 Å². The minimum atomic E-state index is -0.531. The number of amides is 1. The van der Waals surface area contributed by atoms with Gasteiger partial charge in [0.15, 0.2) is 0 Å². The molecule has 5 heteroatoms. The molecule has 1 aromatic rings. The molecule has 0 aliphatic heterocycles. The van der Waals surface area contributed by atoms with E-state index in [0.29, 0.717) is 12.4 Å². The molecule has 0 aliphatic rings. The van der Waals surface area contributed by atoms with Gasteiger partial charge in [0, 0.05) is 0 Å². The molecule has 4 N–H and O–H groups in total. The zero-order valence-electron chi connectivity index (χ0n) is 14.9. The van der Waals surface area contributed by atoms with Gasteiger partial charge in [-0.1, -0.05) is 64.7 Å². The predicted octanol–water partition coefficient (Wildman–Crippen LogP) is 4.30. The summed E-state index contributed by atoms with van der Waals surface area (Å²) < 4.78 is 5.64. The van der Waals surface area contributed by atoms with E-state index in [1.807, 2.05) is 5.43 Å². The maximum atomic E-state index is 11.5. The molecule has 24 heavy (non-hydrogen) atoms. The first-order valence-electron chi connectivity index (χ1n) is 9.15. The van der Waals surface area contributed by atoms with Crippen LogP contribution < -0.4 is 16.0 Å². The fraction of sp³-hybridized carbons (Fsp3) is 0.632. The normalized spacial score (nSPS) is 10.6. The number of aromatic hydroxyl groups is 1. The Labute approximate surface area is 145 Å². The van der Waals surface area contributed by atoms with Gasteiger partial charge < -0.3 is 9.84 Å². The smallest absolute Gasteiger partial charge is 0.269 e. The number of nitrogens with one attached hydrogen (secondary N) is 1. The van der Waals surface area contributed by atoms with Crippen LogP contribution in [0, 0.1) is 0 Å². The Bertz CT molecular complexity index is 478. The summed E-state index contributed by atoms with van der Waals surface area (Å²) in [4.78, 5) is 11.5. The van der Waals surface area contributed by atoms with E-state index in [2.05, 4.69) is 6.92 Å².